The quantitative estimate of drug-likeness (QED) is 0.913. The van der Waals surface area contributed by atoms with Crippen molar-refractivity contribution >= 4 is 22.8 Å². The van der Waals surface area contributed by atoms with Gasteiger partial charge in [-0.1, -0.05) is 6.92 Å². The van der Waals surface area contributed by atoms with Gasteiger partial charge >= 0.3 is 0 Å². The molecule has 0 aliphatic carbocycles. The second-order valence-electron chi connectivity index (χ2n) is 5.93. The molecule has 0 radical (unpaired) electrons. The number of aryl methyl sites for hydroxylation is 2. The highest BCUT2D eigenvalue weighted by Gasteiger charge is 2.27. The molecule has 2 aromatic heterocycles. The molecule has 1 saturated heterocycles. The molecule has 0 unspecified atom stereocenters. The number of fused-ring (bicyclic) bond motifs is 1. The van der Waals surface area contributed by atoms with Crippen LogP contribution in [-0.2, 0) is 9.53 Å². The maximum absolute atomic E-state index is 12.6. The largest absolute Gasteiger partial charge is 0.378 e. The minimum absolute atomic E-state index is 0.0101. The molecule has 1 aliphatic rings. The second-order valence-corrected chi connectivity index (χ2v) is 5.93. The molecule has 6 heteroatoms. The molecule has 1 aliphatic heterocycles. The lowest BCUT2D eigenvalue weighted by Gasteiger charge is -2.28. The van der Waals surface area contributed by atoms with Gasteiger partial charge in [0.15, 0.2) is 0 Å². The van der Waals surface area contributed by atoms with Crippen LogP contribution in [0.15, 0.2) is 6.33 Å². The van der Waals surface area contributed by atoms with Gasteiger partial charge < -0.3 is 15.0 Å². The van der Waals surface area contributed by atoms with E-state index in [1.165, 1.54) is 6.33 Å². The summed E-state index contributed by atoms with van der Waals surface area (Å²) in [6.07, 6.45) is 4.15. The van der Waals surface area contributed by atoms with Crippen LogP contribution < -0.4 is 5.32 Å². The van der Waals surface area contributed by atoms with Crippen molar-refractivity contribution in [1.82, 2.24) is 15.0 Å². The number of hydrogen-bond acceptors (Lipinski definition) is 4. The van der Waals surface area contributed by atoms with Gasteiger partial charge in [0, 0.05) is 18.2 Å². The lowest BCUT2D eigenvalue weighted by molar-refractivity contribution is -0.124. The van der Waals surface area contributed by atoms with Crippen molar-refractivity contribution in [1.29, 1.82) is 0 Å². The summed E-state index contributed by atoms with van der Waals surface area (Å²) < 4.78 is 5.64. The van der Waals surface area contributed by atoms with Gasteiger partial charge in [0.2, 0.25) is 5.91 Å². The molecule has 2 atom stereocenters. The Bertz CT molecular complexity index is 695. The van der Waals surface area contributed by atoms with Crippen molar-refractivity contribution in [2.75, 3.05) is 11.9 Å². The van der Waals surface area contributed by atoms with E-state index in [1.54, 1.807) is 0 Å². The summed E-state index contributed by atoms with van der Waals surface area (Å²) in [6.45, 7) is 6.74. The van der Waals surface area contributed by atoms with Crippen LogP contribution in [0.1, 0.15) is 37.4 Å². The van der Waals surface area contributed by atoms with Crippen molar-refractivity contribution in [3.63, 3.8) is 0 Å². The van der Waals surface area contributed by atoms with E-state index in [4.69, 9.17) is 4.74 Å². The number of H-pyrrole nitrogens is 1. The number of aromatic nitrogens is 3. The van der Waals surface area contributed by atoms with Crippen molar-refractivity contribution in [2.45, 2.75) is 46.1 Å². The summed E-state index contributed by atoms with van der Waals surface area (Å²) in [7, 11) is 0. The van der Waals surface area contributed by atoms with Crippen LogP contribution in [0.4, 0.5) is 5.82 Å². The Balaban J connectivity index is 1.82. The molecule has 0 saturated carbocycles. The van der Waals surface area contributed by atoms with Gasteiger partial charge in [0.25, 0.3) is 0 Å². The van der Waals surface area contributed by atoms with E-state index in [9.17, 15) is 4.79 Å². The smallest absolute Gasteiger partial charge is 0.228 e. The Labute approximate surface area is 129 Å². The first-order valence-electron chi connectivity index (χ1n) is 7.82. The summed E-state index contributed by atoms with van der Waals surface area (Å²) in [4.78, 5) is 24.3. The number of carbonyl (C=O) groups is 1. The zero-order valence-electron chi connectivity index (χ0n) is 13.3. The number of aromatic amines is 1. The molecule has 2 N–H and O–H groups in total. The first-order valence-corrected chi connectivity index (χ1v) is 7.82. The van der Waals surface area contributed by atoms with Crippen LogP contribution in [0, 0.1) is 19.8 Å². The van der Waals surface area contributed by atoms with Crippen LogP contribution in [0.25, 0.3) is 11.0 Å². The van der Waals surface area contributed by atoms with E-state index < -0.39 is 0 Å². The molecule has 0 aromatic carbocycles. The van der Waals surface area contributed by atoms with Gasteiger partial charge in [-0.15, -0.1) is 0 Å². The van der Waals surface area contributed by atoms with E-state index in [2.05, 4.69) is 27.2 Å². The minimum Gasteiger partial charge on any atom is -0.378 e. The molecule has 3 rings (SSSR count). The minimum atomic E-state index is -0.0101. The van der Waals surface area contributed by atoms with Gasteiger partial charge in [-0.2, -0.15) is 0 Å². The average Bonchev–Trinajstić information content (AvgIpc) is 2.83. The Morgan fingerprint density at radius 3 is 3.05 bits per heavy atom. The van der Waals surface area contributed by atoms with Crippen molar-refractivity contribution in [3.05, 3.63) is 17.6 Å². The number of ether oxygens (including phenoxy) is 1. The Morgan fingerprint density at radius 2 is 2.27 bits per heavy atom. The molecule has 1 fully saturated rings. The maximum Gasteiger partial charge on any atom is 0.228 e. The van der Waals surface area contributed by atoms with Crippen LogP contribution in [-0.4, -0.2) is 33.6 Å². The molecule has 22 heavy (non-hydrogen) atoms. The fourth-order valence-corrected chi connectivity index (χ4v) is 3.01. The van der Waals surface area contributed by atoms with Gasteiger partial charge in [-0.05, 0) is 38.7 Å². The van der Waals surface area contributed by atoms with Gasteiger partial charge in [0.1, 0.15) is 17.8 Å². The van der Waals surface area contributed by atoms with E-state index in [-0.39, 0.29) is 17.9 Å². The van der Waals surface area contributed by atoms with Crippen molar-refractivity contribution < 1.29 is 9.53 Å². The number of hydrogen-bond donors (Lipinski definition) is 2. The van der Waals surface area contributed by atoms with Crippen LogP contribution in [0.2, 0.25) is 0 Å². The first-order chi connectivity index (χ1) is 10.6. The normalized spacial score (nSPS) is 22.0. The topological polar surface area (TPSA) is 79.9 Å². The van der Waals surface area contributed by atoms with E-state index in [0.29, 0.717) is 12.4 Å². The predicted molar refractivity (Wildman–Crippen MR) is 84.7 cm³/mol. The highest BCUT2D eigenvalue weighted by atomic mass is 16.5. The molecule has 0 spiro atoms. The third kappa shape index (κ3) is 2.70. The maximum atomic E-state index is 12.6. The highest BCUT2D eigenvalue weighted by Crippen LogP contribution is 2.27. The molecular formula is C16H22N4O2. The molecular weight excluding hydrogens is 280 g/mol. The molecule has 0 bridgehead atoms. The molecule has 1 amide bonds. The molecule has 6 nitrogen and oxygen atoms in total. The van der Waals surface area contributed by atoms with Crippen LogP contribution in [0.5, 0.6) is 0 Å². The molecule has 3 heterocycles. The standard InChI is InChI=1S/C16H22N4O2/c1-4-12-7-11(5-6-22-12)16(21)20-15-13-9(2)10(3)19-14(13)17-8-18-15/h8,11-12H,4-7H2,1-3H3,(H2,17,18,19,20,21)/t11-,12+/m1/s1. The summed E-state index contributed by atoms with van der Waals surface area (Å²) in [5, 5.41) is 3.88. The third-order valence-corrected chi connectivity index (χ3v) is 4.53. The zero-order chi connectivity index (χ0) is 15.7. The van der Waals surface area contributed by atoms with Gasteiger partial charge in [0.05, 0.1) is 11.5 Å². The fourth-order valence-electron chi connectivity index (χ4n) is 3.01. The number of rotatable bonds is 3. The van der Waals surface area contributed by atoms with E-state index >= 15 is 0 Å². The second kappa shape index (κ2) is 6.04. The number of anilines is 1. The number of amides is 1. The number of carbonyl (C=O) groups excluding carboxylic acids is 1. The van der Waals surface area contributed by atoms with E-state index in [1.807, 2.05) is 13.8 Å². The Hall–Kier alpha value is -1.95. The SMILES string of the molecule is CC[C@H]1C[C@H](C(=O)Nc2ncnc3[nH]c(C)c(C)c23)CCO1. The highest BCUT2D eigenvalue weighted by molar-refractivity contribution is 6.01. The van der Waals surface area contributed by atoms with E-state index in [0.717, 1.165) is 41.6 Å². The summed E-state index contributed by atoms with van der Waals surface area (Å²) in [5.74, 6) is 0.612. The van der Waals surface area contributed by atoms with Crippen LogP contribution in [0.3, 0.4) is 0 Å². The first kappa shape index (κ1) is 15.0. The van der Waals surface area contributed by atoms with Crippen molar-refractivity contribution in [2.24, 2.45) is 5.92 Å². The average molecular weight is 302 g/mol. The van der Waals surface area contributed by atoms with Gasteiger partial charge in [-0.3, -0.25) is 4.79 Å². The molecule has 2 aromatic rings. The summed E-state index contributed by atoms with van der Waals surface area (Å²) >= 11 is 0. The van der Waals surface area contributed by atoms with Gasteiger partial charge in [-0.25, -0.2) is 9.97 Å². The van der Waals surface area contributed by atoms with Crippen molar-refractivity contribution in [3.8, 4) is 0 Å². The summed E-state index contributed by atoms with van der Waals surface area (Å²) in [6, 6.07) is 0. The third-order valence-electron chi connectivity index (χ3n) is 4.53. The number of nitrogens with one attached hydrogen (secondary N) is 2. The monoisotopic (exact) mass is 302 g/mol. The number of nitrogens with zero attached hydrogens (tertiary/aromatic N) is 2. The summed E-state index contributed by atoms with van der Waals surface area (Å²) in [5.41, 5.74) is 2.88. The molecule has 118 valence electrons. The Kier molecular flexibility index (Phi) is 4.11. The Morgan fingerprint density at radius 1 is 1.45 bits per heavy atom. The fraction of sp³-hybridized carbons (Fsp3) is 0.562. The lowest BCUT2D eigenvalue weighted by Crippen LogP contribution is -2.33. The lowest BCUT2D eigenvalue weighted by atomic mass is 9.93. The zero-order valence-corrected chi connectivity index (χ0v) is 13.3. The predicted octanol–water partition coefficient (Wildman–Crippen LogP) is 2.72. The van der Waals surface area contributed by atoms with Crippen LogP contribution >= 0.6 is 0 Å².